The minimum absolute atomic E-state index is 0.369. The number of hydrogen-bond acceptors (Lipinski definition) is 5. The lowest BCUT2D eigenvalue weighted by Crippen LogP contribution is -2.44. The van der Waals surface area contributed by atoms with Crippen molar-refractivity contribution in [1.29, 1.82) is 0 Å². The number of pyridine rings is 1. The summed E-state index contributed by atoms with van der Waals surface area (Å²) in [6.07, 6.45) is 2.99. The molecule has 3 N–H and O–H groups in total. The van der Waals surface area contributed by atoms with Gasteiger partial charge in [0.1, 0.15) is 22.4 Å². The monoisotopic (exact) mass is 505 g/mol. The number of halogens is 2. The summed E-state index contributed by atoms with van der Waals surface area (Å²) >= 11 is 11.7. The summed E-state index contributed by atoms with van der Waals surface area (Å²) in [6.45, 7) is 8.19. The Morgan fingerprint density at radius 1 is 1.12 bits per heavy atom. The minimum atomic E-state index is -0.792. The van der Waals surface area contributed by atoms with Gasteiger partial charge in [-0.1, -0.05) is 0 Å². The maximum Gasteiger partial charge on any atom is 0.270 e. The number of nitrogens with zero attached hydrogens (tertiary/aromatic N) is 4. The van der Waals surface area contributed by atoms with Crippen molar-refractivity contribution < 1.29 is 9.59 Å². The van der Waals surface area contributed by atoms with E-state index >= 15 is 0 Å². The molecule has 3 rings (SSSR count). The maximum atomic E-state index is 13.1. The van der Waals surface area contributed by atoms with Gasteiger partial charge >= 0.3 is 0 Å². The van der Waals surface area contributed by atoms with Crippen molar-refractivity contribution in [1.82, 2.24) is 30.3 Å². The Morgan fingerprint density at radius 2 is 1.88 bits per heavy atom. The van der Waals surface area contributed by atoms with E-state index in [4.69, 9.17) is 23.2 Å². The molecule has 0 aliphatic rings. The van der Waals surface area contributed by atoms with Crippen molar-refractivity contribution in [3.05, 3.63) is 47.2 Å². The summed E-state index contributed by atoms with van der Waals surface area (Å²) in [4.78, 5) is 29.9. The molecule has 3 heterocycles. The highest BCUT2D eigenvalue weighted by atomic mass is 35.5. The van der Waals surface area contributed by atoms with Crippen LogP contribution in [0, 0.1) is 20.8 Å². The topological polar surface area (TPSA) is 118 Å². The second-order valence-electron chi connectivity index (χ2n) is 8.01. The molecule has 34 heavy (non-hydrogen) atoms. The highest BCUT2D eigenvalue weighted by Gasteiger charge is 2.24. The SMILES string of the molecule is CCn1nccc1C(=O)N[C@@H](CCCC(Cl)Cl)C(=O)Nc1ccc(-c2c(C)n[nH]c2C)c(C)n1. The zero-order valence-corrected chi connectivity index (χ0v) is 21.2. The standard InChI is InChI=1S/C23H29Cl2N7O2/c1-5-32-18(11-12-26-32)23(34)28-17(7-6-8-19(24)25)22(33)29-20-10-9-16(13(2)27-20)21-14(3)30-31-15(21)4/h9-12,17,19H,5-8H2,1-4H3,(H,28,34)(H,30,31)(H,27,29,33)/t17-/m0/s1. The number of nitrogens with one attached hydrogen (secondary N) is 3. The molecule has 2 amide bonds. The molecule has 0 bridgehead atoms. The van der Waals surface area contributed by atoms with E-state index in [0.717, 1.165) is 28.2 Å². The van der Waals surface area contributed by atoms with Crippen LogP contribution in [0.2, 0.25) is 0 Å². The molecule has 0 saturated carbocycles. The van der Waals surface area contributed by atoms with Gasteiger partial charge in [-0.05, 0) is 65.2 Å². The van der Waals surface area contributed by atoms with Crippen molar-refractivity contribution in [2.75, 3.05) is 5.32 Å². The third-order valence-electron chi connectivity index (χ3n) is 5.52. The molecule has 0 aromatic carbocycles. The third-order valence-corrected chi connectivity index (χ3v) is 5.96. The molecule has 3 aromatic rings. The second kappa shape index (κ2) is 11.5. The fourth-order valence-electron chi connectivity index (χ4n) is 3.81. The summed E-state index contributed by atoms with van der Waals surface area (Å²) in [6, 6.07) is 4.47. The summed E-state index contributed by atoms with van der Waals surface area (Å²) < 4.78 is 1.57. The summed E-state index contributed by atoms with van der Waals surface area (Å²) in [5.41, 5.74) is 4.91. The number of amides is 2. The normalized spacial score (nSPS) is 12.1. The molecule has 0 fully saturated rings. The lowest BCUT2D eigenvalue weighted by molar-refractivity contribution is -0.118. The van der Waals surface area contributed by atoms with Crippen LogP contribution in [0.4, 0.5) is 5.82 Å². The molecular formula is C23H29Cl2N7O2. The molecule has 11 heteroatoms. The zero-order valence-electron chi connectivity index (χ0n) is 19.7. The quantitative estimate of drug-likeness (QED) is 0.354. The smallest absolute Gasteiger partial charge is 0.270 e. The summed E-state index contributed by atoms with van der Waals surface area (Å²) in [7, 11) is 0. The van der Waals surface area contributed by atoms with Crippen LogP contribution in [0.3, 0.4) is 0 Å². The molecule has 0 aliphatic heterocycles. The number of aromatic nitrogens is 5. The molecule has 9 nitrogen and oxygen atoms in total. The maximum absolute atomic E-state index is 13.1. The van der Waals surface area contributed by atoms with Crippen molar-refractivity contribution in [2.24, 2.45) is 0 Å². The first kappa shape index (κ1) is 25.7. The van der Waals surface area contributed by atoms with Gasteiger partial charge in [0.15, 0.2) is 0 Å². The van der Waals surface area contributed by atoms with Gasteiger partial charge in [-0.25, -0.2) is 4.98 Å². The highest BCUT2D eigenvalue weighted by molar-refractivity contribution is 6.44. The van der Waals surface area contributed by atoms with Crippen LogP contribution in [0.1, 0.15) is 53.8 Å². The Labute approximate surface area is 208 Å². The lowest BCUT2D eigenvalue weighted by atomic mass is 10.0. The average molecular weight is 506 g/mol. The number of aryl methyl sites for hydroxylation is 4. The van der Waals surface area contributed by atoms with Crippen LogP contribution in [0.15, 0.2) is 24.4 Å². The lowest BCUT2D eigenvalue weighted by Gasteiger charge is -2.19. The van der Waals surface area contributed by atoms with Gasteiger partial charge in [0.2, 0.25) is 5.91 Å². The first-order chi connectivity index (χ1) is 16.2. The third kappa shape index (κ3) is 6.15. The number of anilines is 1. The molecule has 0 aliphatic carbocycles. The second-order valence-corrected chi connectivity index (χ2v) is 9.29. The van der Waals surface area contributed by atoms with Crippen LogP contribution in [-0.2, 0) is 11.3 Å². The fourth-order valence-corrected chi connectivity index (χ4v) is 4.12. The minimum Gasteiger partial charge on any atom is -0.339 e. The molecular weight excluding hydrogens is 477 g/mol. The van der Waals surface area contributed by atoms with E-state index in [1.54, 1.807) is 23.0 Å². The largest absolute Gasteiger partial charge is 0.339 e. The Morgan fingerprint density at radius 3 is 2.50 bits per heavy atom. The summed E-state index contributed by atoms with van der Waals surface area (Å²) in [5, 5.41) is 17.0. The average Bonchev–Trinajstić information content (AvgIpc) is 3.39. The van der Waals surface area contributed by atoms with E-state index in [1.807, 2.05) is 33.8 Å². The number of H-pyrrole nitrogens is 1. The number of alkyl halides is 2. The number of carbonyl (C=O) groups is 2. The predicted molar refractivity (Wildman–Crippen MR) is 133 cm³/mol. The van der Waals surface area contributed by atoms with E-state index in [1.165, 1.54) is 0 Å². The van der Waals surface area contributed by atoms with Crippen LogP contribution >= 0.6 is 23.2 Å². The van der Waals surface area contributed by atoms with Gasteiger partial charge in [-0.15, -0.1) is 23.2 Å². The molecule has 0 unspecified atom stereocenters. The van der Waals surface area contributed by atoms with Gasteiger partial charge in [0, 0.05) is 35.3 Å². The molecule has 182 valence electrons. The summed E-state index contributed by atoms with van der Waals surface area (Å²) in [5.74, 6) is -0.347. The molecule has 0 saturated heterocycles. The van der Waals surface area contributed by atoms with Gasteiger partial charge < -0.3 is 10.6 Å². The van der Waals surface area contributed by atoms with Gasteiger partial charge in [0.05, 0.1) is 5.69 Å². The van der Waals surface area contributed by atoms with Crippen LogP contribution in [0.5, 0.6) is 0 Å². The van der Waals surface area contributed by atoms with Crippen LogP contribution < -0.4 is 10.6 Å². The van der Waals surface area contributed by atoms with E-state index in [9.17, 15) is 9.59 Å². The van der Waals surface area contributed by atoms with Crippen molar-refractivity contribution in [3.63, 3.8) is 0 Å². The Kier molecular flexibility index (Phi) is 8.68. The fraction of sp³-hybridized carbons (Fsp3) is 0.435. The molecule has 0 radical (unpaired) electrons. The molecule has 3 aromatic heterocycles. The van der Waals surface area contributed by atoms with Crippen molar-refractivity contribution >= 4 is 40.8 Å². The van der Waals surface area contributed by atoms with Gasteiger partial charge in [0.25, 0.3) is 5.91 Å². The predicted octanol–water partition coefficient (Wildman–Crippen LogP) is 4.32. The Balaban J connectivity index is 1.76. The van der Waals surface area contributed by atoms with Crippen LogP contribution in [0.25, 0.3) is 11.1 Å². The van der Waals surface area contributed by atoms with E-state index in [2.05, 4.69) is 30.9 Å². The first-order valence-electron chi connectivity index (χ1n) is 11.1. The Hall–Kier alpha value is -2.91. The van der Waals surface area contributed by atoms with Gasteiger partial charge in [-0.3, -0.25) is 19.4 Å². The van der Waals surface area contributed by atoms with Crippen molar-refractivity contribution in [2.45, 2.75) is 64.4 Å². The number of rotatable bonds is 10. The van der Waals surface area contributed by atoms with Crippen molar-refractivity contribution in [3.8, 4) is 11.1 Å². The number of aromatic amines is 1. The van der Waals surface area contributed by atoms with Crippen LogP contribution in [-0.4, -0.2) is 47.7 Å². The number of carbonyl (C=O) groups excluding carboxylic acids is 2. The van der Waals surface area contributed by atoms with E-state index in [0.29, 0.717) is 37.3 Å². The zero-order chi connectivity index (χ0) is 24.8. The van der Waals surface area contributed by atoms with Gasteiger partial charge in [-0.2, -0.15) is 10.2 Å². The van der Waals surface area contributed by atoms with E-state index in [-0.39, 0.29) is 11.8 Å². The first-order valence-corrected chi connectivity index (χ1v) is 12.0. The van der Waals surface area contributed by atoms with E-state index < -0.39 is 10.9 Å². The Bertz CT molecular complexity index is 1140. The highest BCUT2D eigenvalue weighted by Crippen LogP contribution is 2.28. The molecule has 0 spiro atoms. The molecule has 1 atom stereocenters. The number of hydrogen-bond donors (Lipinski definition) is 3.